The van der Waals surface area contributed by atoms with Crippen LogP contribution in [0.5, 0.6) is 5.75 Å². The average molecular weight is 330 g/mol. The zero-order valence-corrected chi connectivity index (χ0v) is 13.2. The lowest BCUT2D eigenvalue weighted by Crippen LogP contribution is -2.33. The summed E-state index contributed by atoms with van der Waals surface area (Å²) in [7, 11) is 1.42. The van der Waals surface area contributed by atoms with Crippen LogP contribution in [0.3, 0.4) is 0 Å². The highest BCUT2D eigenvalue weighted by Crippen LogP contribution is 2.29. The second-order valence-corrected chi connectivity index (χ2v) is 5.41. The minimum Gasteiger partial charge on any atom is -0.495 e. The van der Waals surface area contributed by atoms with E-state index in [1.54, 1.807) is 0 Å². The lowest BCUT2D eigenvalue weighted by Gasteiger charge is -2.12. The number of nitrogens with zero attached hydrogens (tertiary/aromatic N) is 2. The van der Waals surface area contributed by atoms with Crippen LogP contribution in [0.2, 0.25) is 0 Å². The molecule has 126 valence electrons. The van der Waals surface area contributed by atoms with E-state index in [-0.39, 0.29) is 17.3 Å². The molecule has 2 rings (SSSR count). The minimum absolute atomic E-state index is 0.0987. The number of rotatable bonds is 6. The van der Waals surface area contributed by atoms with E-state index in [0.29, 0.717) is 11.4 Å². The third kappa shape index (κ3) is 4.23. The van der Waals surface area contributed by atoms with Crippen molar-refractivity contribution < 1.29 is 14.5 Å². The van der Waals surface area contributed by atoms with Crippen molar-refractivity contribution in [2.24, 2.45) is 0 Å². The van der Waals surface area contributed by atoms with Crippen LogP contribution in [-0.4, -0.2) is 24.0 Å². The molecular weight excluding hydrogens is 312 g/mol. The molecule has 1 aromatic carbocycles. The third-order valence-corrected chi connectivity index (χ3v) is 3.82. The molecule has 8 heteroatoms. The first-order chi connectivity index (χ1) is 11.5. The smallest absolute Gasteiger partial charge is 0.271 e. The predicted molar refractivity (Wildman–Crippen MR) is 87.4 cm³/mol. The van der Waals surface area contributed by atoms with E-state index in [2.05, 4.69) is 10.6 Å². The number of hydrogen-bond acceptors (Lipinski definition) is 6. The van der Waals surface area contributed by atoms with E-state index in [1.807, 2.05) is 6.07 Å². The van der Waals surface area contributed by atoms with Crippen LogP contribution >= 0.6 is 0 Å². The van der Waals surface area contributed by atoms with Crippen molar-refractivity contribution in [2.45, 2.75) is 31.7 Å². The fraction of sp³-hybridized carbons (Fsp3) is 0.375. The molecule has 1 saturated carbocycles. The Morgan fingerprint density at radius 3 is 2.75 bits per heavy atom. The standard InChI is InChI=1S/C16H18N4O4/c1-24-15-7-6-13(20(22)23)8-14(15)18-10-11(9-17)16(21)19-12-4-2-3-5-12/h6-8,10,12,18H,2-5H2,1H3,(H,19,21)/b11-10-. The number of ether oxygens (including phenoxy) is 1. The van der Waals surface area contributed by atoms with Gasteiger partial charge in [0.05, 0.1) is 17.7 Å². The summed E-state index contributed by atoms with van der Waals surface area (Å²) < 4.78 is 5.12. The summed E-state index contributed by atoms with van der Waals surface area (Å²) in [5, 5.41) is 25.6. The number of carbonyl (C=O) groups is 1. The van der Waals surface area contributed by atoms with E-state index >= 15 is 0 Å². The van der Waals surface area contributed by atoms with Crippen LogP contribution in [0.1, 0.15) is 25.7 Å². The van der Waals surface area contributed by atoms with Crippen molar-refractivity contribution >= 4 is 17.3 Å². The Balaban J connectivity index is 2.14. The number of nitrogens with one attached hydrogen (secondary N) is 2. The van der Waals surface area contributed by atoms with Gasteiger partial charge in [-0.15, -0.1) is 0 Å². The van der Waals surface area contributed by atoms with Gasteiger partial charge in [0.1, 0.15) is 17.4 Å². The monoisotopic (exact) mass is 330 g/mol. The van der Waals surface area contributed by atoms with Crippen molar-refractivity contribution in [1.29, 1.82) is 5.26 Å². The molecule has 1 aromatic rings. The maximum atomic E-state index is 12.1. The first kappa shape index (κ1) is 17.3. The minimum atomic E-state index is -0.535. The molecule has 0 aromatic heterocycles. The fourth-order valence-electron chi connectivity index (χ4n) is 2.55. The summed E-state index contributed by atoms with van der Waals surface area (Å²) in [5.41, 5.74) is 0.0733. The van der Waals surface area contributed by atoms with Gasteiger partial charge in [0.15, 0.2) is 0 Å². The highest BCUT2D eigenvalue weighted by atomic mass is 16.6. The summed E-state index contributed by atoms with van der Waals surface area (Å²) in [4.78, 5) is 22.4. The Kier molecular flexibility index (Phi) is 5.73. The molecule has 0 heterocycles. The predicted octanol–water partition coefficient (Wildman–Crippen LogP) is 2.48. The molecule has 1 aliphatic rings. The molecule has 24 heavy (non-hydrogen) atoms. The number of methoxy groups -OCH3 is 1. The normalized spacial score (nSPS) is 14.8. The van der Waals surface area contributed by atoms with Gasteiger partial charge in [0.2, 0.25) is 0 Å². The molecule has 8 nitrogen and oxygen atoms in total. The van der Waals surface area contributed by atoms with Gasteiger partial charge >= 0.3 is 0 Å². The Morgan fingerprint density at radius 1 is 1.46 bits per heavy atom. The maximum Gasteiger partial charge on any atom is 0.271 e. The molecule has 1 aliphatic carbocycles. The van der Waals surface area contributed by atoms with E-state index in [0.717, 1.165) is 25.7 Å². The number of non-ortho nitro benzene ring substituents is 1. The van der Waals surface area contributed by atoms with Crippen molar-refractivity contribution in [2.75, 3.05) is 12.4 Å². The molecule has 0 radical (unpaired) electrons. The number of benzene rings is 1. The van der Waals surface area contributed by atoms with Crippen LogP contribution in [0, 0.1) is 21.4 Å². The third-order valence-electron chi connectivity index (χ3n) is 3.82. The van der Waals surface area contributed by atoms with Crippen molar-refractivity contribution in [3.05, 3.63) is 40.1 Å². The number of carbonyl (C=O) groups excluding carboxylic acids is 1. The molecule has 0 unspecified atom stereocenters. The van der Waals surface area contributed by atoms with Gasteiger partial charge in [-0.1, -0.05) is 12.8 Å². The molecule has 1 amide bonds. The van der Waals surface area contributed by atoms with E-state index in [4.69, 9.17) is 10.00 Å². The van der Waals surface area contributed by atoms with Gasteiger partial charge in [-0.3, -0.25) is 14.9 Å². The summed E-state index contributed by atoms with van der Waals surface area (Å²) >= 11 is 0. The van der Waals surface area contributed by atoms with Gasteiger partial charge < -0.3 is 15.4 Å². The van der Waals surface area contributed by atoms with Crippen LogP contribution in [0.25, 0.3) is 0 Å². The van der Waals surface area contributed by atoms with Gasteiger partial charge in [0, 0.05) is 24.4 Å². The van der Waals surface area contributed by atoms with Crippen molar-refractivity contribution in [3.63, 3.8) is 0 Å². The second-order valence-electron chi connectivity index (χ2n) is 5.41. The van der Waals surface area contributed by atoms with Gasteiger partial charge in [-0.2, -0.15) is 5.26 Å². The Hall–Kier alpha value is -3.08. The highest BCUT2D eigenvalue weighted by Gasteiger charge is 2.19. The molecule has 0 bridgehead atoms. The summed E-state index contributed by atoms with van der Waals surface area (Å²) in [6.07, 6.45) is 5.19. The molecular formula is C16H18N4O4. The highest BCUT2D eigenvalue weighted by molar-refractivity contribution is 5.97. The molecule has 0 spiro atoms. The number of anilines is 1. The van der Waals surface area contributed by atoms with Gasteiger partial charge in [-0.25, -0.2) is 0 Å². The van der Waals surface area contributed by atoms with E-state index in [9.17, 15) is 14.9 Å². The number of nitro groups is 1. The molecule has 0 saturated heterocycles. The largest absolute Gasteiger partial charge is 0.495 e. The first-order valence-corrected chi connectivity index (χ1v) is 7.55. The van der Waals surface area contributed by atoms with Gasteiger partial charge in [-0.05, 0) is 18.9 Å². The first-order valence-electron chi connectivity index (χ1n) is 7.55. The van der Waals surface area contributed by atoms with Crippen LogP contribution < -0.4 is 15.4 Å². The van der Waals surface area contributed by atoms with E-state index in [1.165, 1.54) is 31.5 Å². The molecule has 1 fully saturated rings. The summed E-state index contributed by atoms with van der Waals surface area (Å²) in [6.45, 7) is 0. The van der Waals surface area contributed by atoms with Crippen LogP contribution in [0.4, 0.5) is 11.4 Å². The molecule has 0 atom stereocenters. The fourth-order valence-corrected chi connectivity index (χ4v) is 2.55. The number of nitriles is 1. The van der Waals surface area contributed by atoms with E-state index < -0.39 is 10.8 Å². The Bertz CT molecular complexity index is 703. The van der Waals surface area contributed by atoms with Crippen LogP contribution in [0.15, 0.2) is 30.0 Å². The SMILES string of the molecule is COc1ccc([N+](=O)[O-])cc1N/C=C(/C#N)C(=O)NC1CCCC1. The average Bonchev–Trinajstić information content (AvgIpc) is 3.08. The Labute approximate surface area is 139 Å². The summed E-state index contributed by atoms with van der Waals surface area (Å²) in [5.74, 6) is -0.0911. The lowest BCUT2D eigenvalue weighted by atomic mass is 10.2. The van der Waals surface area contributed by atoms with Crippen molar-refractivity contribution in [3.8, 4) is 11.8 Å². The topological polar surface area (TPSA) is 117 Å². The van der Waals surface area contributed by atoms with Gasteiger partial charge in [0.25, 0.3) is 11.6 Å². The van der Waals surface area contributed by atoms with Crippen LogP contribution in [-0.2, 0) is 4.79 Å². The summed E-state index contributed by atoms with van der Waals surface area (Å²) in [6, 6.07) is 5.96. The molecule has 2 N–H and O–H groups in total. The molecule has 0 aliphatic heterocycles. The number of amides is 1. The zero-order chi connectivity index (χ0) is 17.5. The maximum absolute atomic E-state index is 12.1. The quantitative estimate of drug-likeness (QED) is 0.358. The zero-order valence-electron chi connectivity index (χ0n) is 13.2. The number of nitro benzene ring substituents is 1. The second kappa shape index (κ2) is 7.97. The Morgan fingerprint density at radius 2 is 2.17 bits per heavy atom. The number of hydrogen-bond donors (Lipinski definition) is 2. The lowest BCUT2D eigenvalue weighted by molar-refractivity contribution is -0.384. The van der Waals surface area contributed by atoms with Crippen molar-refractivity contribution in [1.82, 2.24) is 5.32 Å².